The molecule has 88 valence electrons. The number of rotatable bonds is 3. The van der Waals surface area contributed by atoms with E-state index in [0.29, 0.717) is 11.5 Å². The number of nitrogens with zero attached hydrogens (tertiary/aromatic N) is 2. The third-order valence-electron chi connectivity index (χ3n) is 2.36. The predicted octanol–water partition coefficient (Wildman–Crippen LogP) is 2.92. The minimum Gasteiger partial charge on any atom is -0.493 e. The van der Waals surface area contributed by atoms with Gasteiger partial charge in [0.15, 0.2) is 11.5 Å². The van der Waals surface area contributed by atoms with Gasteiger partial charge in [0.05, 0.1) is 14.2 Å². The first-order valence-corrected chi connectivity index (χ1v) is 5.74. The molecule has 0 atom stereocenters. The summed E-state index contributed by atoms with van der Waals surface area (Å²) >= 11 is 3.40. The lowest BCUT2D eigenvalue weighted by atomic mass is 10.1. The van der Waals surface area contributed by atoms with Crippen molar-refractivity contribution in [2.75, 3.05) is 14.2 Å². The van der Waals surface area contributed by atoms with Gasteiger partial charge < -0.3 is 9.47 Å². The van der Waals surface area contributed by atoms with Gasteiger partial charge in [0.1, 0.15) is 10.9 Å². The van der Waals surface area contributed by atoms with Gasteiger partial charge in [-0.1, -0.05) is 12.1 Å². The Hall–Kier alpha value is -1.62. The molecule has 0 saturated carbocycles. The number of para-hydroxylation sites is 1. The molecule has 0 amide bonds. The molecule has 1 aromatic carbocycles. The number of hydrogen-bond donors (Lipinski definition) is 0. The van der Waals surface area contributed by atoms with Crippen molar-refractivity contribution in [3.05, 3.63) is 35.3 Å². The molecule has 0 radical (unpaired) electrons. The summed E-state index contributed by atoms with van der Waals surface area (Å²) in [6, 6.07) is 5.68. The van der Waals surface area contributed by atoms with Crippen LogP contribution >= 0.6 is 15.9 Å². The highest BCUT2D eigenvalue weighted by Gasteiger charge is 2.14. The van der Waals surface area contributed by atoms with Gasteiger partial charge in [-0.05, 0) is 22.0 Å². The molecule has 0 aliphatic carbocycles. The average Bonchev–Trinajstić information content (AvgIpc) is 2.38. The van der Waals surface area contributed by atoms with E-state index in [1.165, 1.54) is 6.33 Å². The number of halogens is 1. The fourth-order valence-corrected chi connectivity index (χ4v) is 2.00. The fourth-order valence-electron chi connectivity index (χ4n) is 1.59. The second-order valence-corrected chi connectivity index (χ2v) is 4.02. The SMILES string of the molecule is COc1cccc(-c2cncnc2Br)c1OC. The van der Waals surface area contributed by atoms with Gasteiger partial charge in [0, 0.05) is 17.3 Å². The molecule has 1 aromatic heterocycles. The zero-order valence-electron chi connectivity index (χ0n) is 9.48. The van der Waals surface area contributed by atoms with Crippen molar-refractivity contribution in [3.63, 3.8) is 0 Å². The quantitative estimate of drug-likeness (QED) is 0.817. The highest BCUT2D eigenvalue weighted by molar-refractivity contribution is 9.10. The standard InChI is InChI=1S/C12H11BrN2O2/c1-16-10-5-3-4-8(11(10)17-2)9-6-14-7-15-12(9)13/h3-7H,1-2H3. The lowest BCUT2D eigenvalue weighted by Gasteiger charge is -2.12. The monoisotopic (exact) mass is 294 g/mol. The Balaban J connectivity index is 2.63. The van der Waals surface area contributed by atoms with Gasteiger partial charge in [-0.2, -0.15) is 0 Å². The third-order valence-corrected chi connectivity index (χ3v) is 2.99. The van der Waals surface area contributed by atoms with E-state index in [2.05, 4.69) is 25.9 Å². The summed E-state index contributed by atoms with van der Waals surface area (Å²) in [6.07, 6.45) is 3.22. The molecule has 0 spiro atoms. The molecule has 1 heterocycles. The van der Waals surface area contributed by atoms with Crippen LogP contribution < -0.4 is 9.47 Å². The van der Waals surface area contributed by atoms with E-state index < -0.39 is 0 Å². The maximum Gasteiger partial charge on any atom is 0.168 e. The maximum absolute atomic E-state index is 5.38. The summed E-state index contributed by atoms with van der Waals surface area (Å²) in [5.74, 6) is 1.35. The second-order valence-electron chi connectivity index (χ2n) is 3.27. The number of methoxy groups -OCH3 is 2. The Labute approximate surface area is 108 Å². The molecule has 0 fully saturated rings. The van der Waals surface area contributed by atoms with Crippen LogP contribution in [0.4, 0.5) is 0 Å². The minimum absolute atomic E-state index is 0.672. The van der Waals surface area contributed by atoms with E-state index >= 15 is 0 Å². The highest BCUT2D eigenvalue weighted by atomic mass is 79.9. The molecule has 4 nitrogen and oxygen atoms in total. The summed E-state index contributed by atoms with van der Waals surface area (Å²) in [4.78, 5) is 8.11. The summed E-state index contributed by atoms with van der Waals surface area (Å²) in [5, 5.41) is 0. The average molecular weight is 295 g/mol. The highest BCUT2D eigenvalue weighted by Crippen LogP contribution is 2.39. The van der Waals surface area contributed by atoms with Gasteiger partial charge in [-0.3, -0.25) is 0 Å². The van der Waals surface area contributed by atoms with Gasteiger partial charge in [0.25, 0.3) is 0 Å². The molecule has 0 unspecified atom stereocenters. The lowest BCUT2D eigenvalue weighted by Crippen LogP contribution is -1.94. The van der Waals surface area contributed by atoms with Gasteiger partial charge in [0.2, 0.25) is 0 Å². The number of aromatic nitrogens is 2. The van der Waals surface area contributed by atoms with Crippen molar-refractivity contribution in [2.45, 2.75) is 0 Å². The number of hydrogen-bond acceptors (Lipinski definition) is 4. The normalized spacial score (nSPS) is 10.1. The van der Waals surface area contributed by atoms with Crippen LogP contribution in [0.5, 0.6) is 11.5 Å². The molecule has 5 heteroatoms. The van der Waals surface area contributed by atoms with Crippen molar-refractivity contribution in [1.29, 1.82) is 0 Å². The second kappa shape index (κ2) is 5.14. The van der Waals surface area contributed by atoms with E-state index in [-0.39, 0.29) is 0 Å². The van der Waals surface area contributed by atoms with Crippen LogP contribution in [-0.4, -0.2) is 24.2 Å². The molecular weight excluding hydrogens is 284 g/mol. The first kappa shape index (κ1) is 11.9. The summed E-state index contributed by atoms with van der Waals surface area (Å²) in [7, 11) is 3.22. The molecule has 2 rings (SSSR count). The first-order valence-electron chi connectivity index (χ1n) is 4.94. The Bertz CT molecular complexity index is 532. The molecule has 0 aliphatic rings. The molecule has 17 heavy (non-hydrogen) atoms. The molecule has 2 aromatic rings. The fraction of sp³-hybridized carbons (Fsp3) is 0.167. The third kappa shape index (κ3) is 2.24. The van der Waals surface area contributed by atoms with Crippen LogP contribution in [-0.2, 0) is 0 Å². The molecule has 0 aliphatic heterocycles. The predicted molar refractivity (Wildman–Crippen MR) is 68.3 cm³/mol. The smallest absolute Gasteiger partial charge is 0.168 e. The van der Waals surface area contributed by atoms with Crippen molar-refractivity contribution in [3.8, 4) is 22.6 Å². The van der Waals surface area contributed by atoms with Gasteiger partial charge >= 0.3 is 0 Å². The van der Waals surface area contributed by atoms with Crippen LogP contribution in [0.3, 0.4) is 0 Å². The Kier molecular flexibility index (Phi) is 3.58. The van der Waals surface area contributed by atoms with E-state index in [0.717, 1.165) is 15.7 Å². The molecule has 0 bridgehead atoms. The molecule has 0 saturated heterocycles. The van der Waals surface area contributed by atoms with Crippen LogP contribution in [0.15, 0.2) is 35.3 Å². The zero-order chi connectivity index (χ0) is 12.3. The lowest BCUT2D eigenvalue weighted by molar-refractivity contribution is 0.356. The van der Waals surface area contributed by atoms with Crippen molar-refractivity contribution < 1.29 is 9.47 Å². The van der Waals surface area contributed by atoms with Crippen molar-refractivity contribution in [2.24, 2.45) is 0 Å². The summed E-state index contributed by atoms with van der Waals surface area (Å²) < 4.78 is 11.4. The Morgan fingerprint density at radius 2 is 1.94 bits per heavy atom. The van der Waals surface area contributed by atoms with E-state index in [1.807, 2.05) is 18.2 Å². The molecule has 0 N–H and O–H groups in total. The Morgan fingerprint density at radius 3 is 2.59 bits per heavy atom. The summed E-state index contributed by atoms with van der Waals surface area (Å²) in [5.41, 5.74) is 1.75. The zero-order valence-corrected chi connectivity index (χ0v) is 11.1. The number of ether oxygens (including phenoxy) is 2. The van der Waals surface area contributed by atoms with Crippen LogP contribution in [0.1, 0.15) is 0 Å². The van der Waals surface area contributed by atoms with Crippen LogP contribution in [0.25, 0.3) is 11.1 Å². The summed E-state index contributed by atoms with van der Waals surface area (Å²) in [6.45, 7) is 0. The van der Waals surface area contributed by atoms with Crippen molar-refractivity contribution in [1.82, 2.24) is 9.97 Å². The topological polar surface area (TPSA) is 44.2 Å². The van der Waals surface area contributed by atoms with Crippen molar-refractivity contribution >= 4 is 15.9 Å². The maximum atomic E-state index is 5.38. The van der Waals surface area contributed by atoms with Gasteiger partial charge in [-0.25, -0.2) is 9.97 Å². The van der Waals surface area contributed by atoms with Crippen LogP contribution in [0, 0.1) is 0 Å². The van der Waals surface area contributed by atoms with E-state index in [1.54, 1.807) is 20.4 Å². The molecular formula is C12H11BrN2O2. The van der Waals surface area contributed by atoms with E-state index in [9.17, 15) is 0 Å². The Morgan fingerprint density at radius 1 is 1.12 bits per heavy atom. The minimum atomic E-state index is 0.672. The number of benzene rings is 1. The largest absolute Gasteiger partial charge is 0.493 e. The van der Waals surface area contributed by atoms with Gasteiger partial charge in [-0.15, -0.1) is 0 Å². The van der Waals surface area contributed by atoms with Crippen LogP contribution in [0.2, 0.25) is 0 Å². The first-order chi connectivity index (χ1) is 8.27. The van der Waals surface area contributed by atoms with E-state index in [4.69, 9.17) is 9.47 Å².